The molecule has 0 aliphatic rings. The van der Waals surface area contributed by atoms with Crippen LogP contribution in [-0.4, -0.2) is 30.6 Å². The van der Waals surface area contributed by atoms with Gasteiger partial charge in [-0.2, -0.15) is 26.3 Å². The number of hydrogen-bond donors (Lipinski definition) is 4. The van der Waals surface area contributed by atoms with Crippen LogP contribution in [0.4, 0.5) is 36.8 Å². The van der Waals surface area contributed by atoms with E-state index in [9.17, 15) is 31.1 Å². The van der Waals surface area contributed by atoms with Gasteiger partial charge in [-0.3, -0.25) is 0 Å². The van der Waals surface area contributed by atoms with E-state index in [0.29, 0.717) is 41.7 Å². The summed E-state index contributed by atoms with van der Waals surface area (Å²) < 4.78 is 79.0. The Morgan fingerprint density at radius 3 is 2.21 bits per heavy atom. The molecule has 0 radical (unpaired) electrons. The normalized spacial score (nSPS) is 12.9. The van der Waals surface area contributed by atoms with Gasteiger partial charge in [0.2, 0.25) is 0 Å². The third-order valence-electron chi connectivity index (χ3n) is 6.69. The third kappa shape index (κ3) is 8.33. The zero-order valence-corrected chi connectivity index (χ0v) is 23.4. The Bertz CT molecular complexity index is 1500. The van der Waals surface area contributed by atoms with Gasteiger partial charge in [-0.1, -0.05) is 47.5 Å². The van der Waals surface area contributed by atoms with Gasteiger partial charge in [0.05, 0.1) is 21.2 Å². The van der Waals surface area contributed by atoms with Crippen LogP contribution in [0.5, 0.6) is 0 Å². The minimum Gasteiger partial charge on any atom is -0.361 e. The highest BCUT2D eigenvalue weighted by atomic mass is 35.5. The van der Waals surface area contributed by atoms with E-state index in [4.69, 9.17) is 23.2 Å². The Labute approximate surface area is 247 Å². The van der Waals surface area contributed by atoms with Crippen LogP contribution in [0, 0.1) is 0 Å². The maximum absolute atomic E-state index is 13.2. The highest BCUT2D eigenvalue weighted by Gasteiger charge is 2.37. The molecule has 0 saturated carbocycles. The van der Waals surface area contributed by atoms with Crippen molar-refractivity contribution in [3.8, 4) is 0 Å². The second kappa shape index (κ2) is 13.3. The van der Waals surface area contributed by atoms with Gasteiger partial charge < -0.3 is 20.9 Å². The molecular weight excluding hydrogens is 605 g/mol. The molecule has 0 fully saturated rings. The fraction of sp³-hybridized carbons (Fsp3) is 0.276. The van der Waals surface area contributed by atoms with E-state index < -0.39 is 35.2 Å². The van der Waals surface area contributed by atoms with Crippen LogP contribution in [0.3, 0.4) is 0 Å². The Hall–Kier alpha value is -3.41. The zero-order valence-electron chi connectivity index (χ0n) is 21.9. The predicted octanol–water partition coefficient (Wildman–Crippen LogP) is 8.64. The lowest BCUT2D eigenvalue weighted by Crippen LogP contribution is -2.33. The largest absolute Gasteiger partial charge is 0.416 e. The number of carbonyl (C=O) groups excluding carboxylic acids is 1. The van der Waals surface area contributed by atoms with Crippen molar-refractivity contribution in [1.82, 2.24) is 15.6 Å². The summed E-state index contributed by atoms with van der Waals surface area (Å²) in [6.45, 7) is 1.26. The standard InChI is InChI=1S/C29H26Cl2F6N4O/c30-24-6-5-17(11-25(24)31)18(7-9-38-10-8-19-16-39-26-4-2-1-3-23(19)26)15-40-27(42)41-22-13-20(28(32,33)34)12-21(14-22)29(35,36)37/h1-6,11-14,16,18,38-39H,7-10,15H2,(H2,40,41,42). The Morgan fingerprint density at radius 1 is 0.857 bits per heavy atom. The molecule has 4 rings (SSSR count). The maximum atomic E-state index is 13.2. The average Bonchev–Trinajstić information content (AvgIpc) is 3.33. The second-order valence-corrected chi connectivity index (χ2v) is 10.5. The first-order chi connectivity index (χ1) is 19.8. The molecule has 1 aromatic heterocycles. The van der Waals surface area contributed by atoms with Crippen molar-refractivity contribution in [2.45, 2.75) is 31.1 Å². The van der Waals surface area contributed by atoms with E-state index in [-0.39, 0.29) is 18.5 Å². The van der Waals surface area contributed by atoms with Crippen LogP contribution in [0.2, 0.25) is 10.0 Å². The number of carbonyl (C=O) groups is 1. The molecule has 4 aromatic rings. The SMILES string of the molecule is O=C(NCC(CCNCCc1c[nH]c2ccccc12)c1ccc(Cl)c(Cl)c1)Nc1cc(C(F)(F)F)cc(C(F)(F)F)c1. The maximum Gasteiger partial charge on any atom is 0.416 e. The molecule has 1 unspecified atom stereocenters. The molecule has 0 saturated heterocycles. The number of urea groups is 1. The van der Waals surface area contributed by atoms with Gasteiger partial charge in [-0.25, -0.2) is 4.79 Å². The van der Waals surface area contributed by atoms with Crippen molar-refractivity contribution in [2.24, 2.45) is 0 Å². The second-order valence-electron chi connectivity index (χ2n) is 9.65. The average molecular weight is 631 g/mol. The number of halogens is 8. The Balaban J connectivity index is 1.38. The number of aromatic amines is 1. The summed E-state index contributed by atoms with van der Waals surface area (Å²) in [5.74, 6) is -0.293. The van der Waals surface area contributed by atoms with E-state index in [1.54, 1.807) is 18.2 Å². The minimum absolute atomic E-state index is 0.00504. The van der Waals surface area contributed by atoms with E-state index in [0.717, 1.165) is 22.9 Å². The molecule has 5 nitrogen and oxygen atoms in total. The highest BCUT2D eigenvalue weighted by Crippen LogP contribution is 2.37. The lowest BCUT2D eigenvalue weighted by atomic mass is 9.95. The first-order valence-corrected chi connectivity index (χ1v) is 13.6. The number of nitrogens with one attached hydrogen (secondary N) is 4. The van der Waals surface area contributed by atoms with Gasteiger partial charge in [0.1, 0.15) is 0 Å². The number of benzene rings is 3. The topological polar surface area (TPSA) is 69.0 Å². The first kappa shape index (κ1) is 31.5. The molecule has 2 amide bonds. The summed E-state index contributed by atoms with van der Waals surface area (Å²) in [4.78, 5) is 15.8. The molecule has 13 heteroatoms. The predicted molar refractivity (Wildman–Crippen MR) is 152 cm³/mol. The molecule has 4 N–H and O–H groups in total. The van der Waals surface area contributed by atoms with Crippen molar-refractivity contribution in [3.05, 3.63) is 99.2 Å². The van der Waals surface area contributed by atoms with E-state index in [1.165, 1.54) is 5.56 Å². The van der Waals surface area contributed by atoms with Crippen LogP contribution >= 0.6 is 23.2 Å². The lowest BCUT2D eigenvalue weighted by Gasteiger charge is -2.20. The Morgan fingerprint density at radius 2 is 1.55 bits per heavy atom. The summed E-state index contributed by atoms with van der Waals surface area (Å²) in [6, 6.07) is 12.9. The van der Waals surface area contributed by atoms with Crippen LogP contribution in [0.15, 0.2) is 66.9 Å². The van der Waals surface area contributed by atoms with E-state index >= 15 is 0 Å². The summed E-state index contributed by atoms with van der Waals surface area (Å²) >= 11 is 12.2. The van der Waals surface area contributed by atoms with Gasteiger partial charge in [0, 0.05) is 35.2 Å². The van der Waals surface area contributed by atoms with E-state index in [1.807, 2.05) is 30.5 Å². The summed E-state index contributed by atoms with van der Waals surface area (Å²) in [7, 11) is 0. The lowest BCUT2D eigenvalue weighted by molar-refractivity contribution is -0.143. The fourth-order valence-corrected chi connectivity index (χ4v) is 4.84. The van der Waals surface area contributed by atoms with Crippen LogP contribution in [0.1, 0.15) is 34.6 Å². The van der Waals surface area contributed by atoms with Crippen LogP contribution in [0.25, 0.3) is 10.9 Å². The number of rotatable bonds is 10. The molecule has 224 valence electrons. The number of amides is 2. The van der Waals surface area contributed by atoms with Crippen LogP contribution < -0.4 is 16.0 Å². The molecular formula is C29H26Cl2F6N4O. The number of anilines is 1. The van der Waals surface area contributed by atoms with Crippen molar-refractivity contribution in [1.29, 1.82) is 0 Å². The molecule has 0 spiro atoms. The third-order valence-corrected chi connectivity index (χ3v) is 7.42. The quantitative estimate of drug-likeness (QED) is 0.105. The molecule has 42 heavy (non-hydrogen) atoms. The minimum atomic E-state index is -5.03. The highest BCUT2D eigenvalue weighted by molar-refractivity contribution is 6.42. The summed E-state index contributed by atoms with van der Waals surface area (Å²) in [6.07, 6.45) is -6.79. The number of aromatic nitrogens is 1. The van der Waals surface area contributed by atoms with Crippen molar-refractivity contribution in [3.63, 3.8) is 0 Å². The van der Waals surface area contributed by atoms with Gasteiger partial charge in [0.25, 0.3) is 0 Å². The molecule has 1 heterocycles. The number of hydrogen-bond acceptors (Lipinski definition) is 2. The fourth-order valence-electron chi connectivity index (χ4n) is 4.53. The Kier molecular flexibility index (Phi) is 9.96. The summed E-state index contributed by atoms with van der Waals surface area (Å²) in [5, 5.41) is 9.79. The summed E-state index contributed by atoms with van der Waals surface area (Å²) in [5.41, 5.74) is -0.724. The molecule has 1 atom stereocenters. The van der Waals surface area contributed by atoms with Crippen molar-refractivity contribution >= 4 is 45.8 Å². The van der Waals surface area contributed by atoms with Gasteiger partial charge >= 0.3 is 18.4 Å². The smallest absolute Gasteiger partial charge is 0.361 e. The number of fused-ring (bicyclic) bond motifs is 1. The van der Waals surface area contributed by atoms with Crippen LogP contribution in [-0.2, 0) is 18.8 Å². The van der Waals surface area contributed by atoms with Gasteiger partial charge in [0.15, 0.2) is 0 Å². The molecule has 0 aliphatic heterocycles. The molecule has 0 bridgehead atoms. The number of para-hydroxylation sites is 1. The van der Waals surface area contributed by atoms with Gasteiger partial charge in [-0.05, 0) is 73.5 Å². The number of alkyl halides is 6. The van der Waals surface area contributed by atoms with Crippen molar-refractivity contribution < 1.29 is 31.1 Å². The first-order valence-electron chi connectivity index (χ1n) is 12.9. The van der Waals surface area contributed by atoms with Gasteiger partial charge in [-0.15, -0.1) is 0 Å². The van der Waals surface area contributed by atoms with Crippen molar-refractivity contribution in [2.75, 3.05) is 25.0 Å². The molecule has 3 aromatic carbocycles. The zero-order chi connectivity index (χ0) is 30.5. The number of H-pyrrole nitrogens is 1. The van der Waals surface area contributed by atoms with E-state index in [2.05, 4.69) is 20.9 Å². The molecule has 0 aliphatic carbocycles. The monoisotopic (exact) mass is 630 g/mol.